The second-order valence-electron chi connectivity index (χ2n) is 14.3. The average molecular weight is 445 g/mol. The summed E-state index contributed by atoms with van der Waals surface area (Å²) in [6.07, 6.45) is 15.0. The van der Waals surface area contributed by atoms with Gasteiger partial charge in [0.25, 0.3) is 0 Å². The summed E-state index contributed by atoms with van der Waals surface area (Å²) in [6.45, 7) is 16.5. The lowest BCUT2D eigenvalue weighted by Gasteiger charge is -2.59. The third-order valence-electron chi connectivity index (χ3n) is 11.4. The summed E-state index contributed by atoms with van der Waals surface area (Å²) < 4.78 is 0. The van der Waals surface area contributed by atoms with Gasteiger partial charge < -0.3 is 10.2 Å². The van der Waals surface area contributed by atoms with E-state index in [0.29, 0.717) is 28.1 Å². The van der Waals surface area contributed by atoms with Crippen molar-refractivity contribution < 1.29 is 10.2 Å². The summed E-state index contributed by atoms with van der Waals surface area (Å²) in [4.78, 5) is 0. The summed E-state index contributed by atoms with van der Waals surface area (Å²) in [7, 11) is 0. The molecule has 0 aromatic rings. The standard InChI is InChI=1S/C30H52O2/c1-8-30(32)18-17-28(6)21(19-30)9-10-22-24-12-11-23(29(24,7)16-13-25(22)28)20(2)26(31)14-15-27(3,4)5/h9,20,22-26,31-32H,8,10-19H2,1-7H3/t20-,22-,23+,24-,25?,26+,28-,29+,30-/m0/s1. The van der Waals surface area contributed by atoms with E-state index >= 15 is 0 Å². The first-order valence-corrected chi connectivity index (χ1v) is 13.9. The highest BCUT2D eigenvalue weighted by atomic mass is 16.3. The number of aliphatic hydroxyl groups excluding tert-OH is 1. The fraction of sp³-hybridized carbons (Fsp3) is 0.933. The number of fused-ring (bicyclic) bond motifs is 5. The van der Waals surface area contributed by atoms with Crippen molar-refractivity contribution in [3.05, 3.63) is 11.6 Å². The Labute approximate surface area is 198 Å². The highest BCUT2D eigenvalue weighted by Crippen LogP contribution is 2.67. The van der Waals surface area contributed by atoms with E-state index in [4.69, 9.17) is 0 Å². The van der Waals surface area contributed by atoms with Gasteiger partial charge in [-0.05, 0) is 116 Å². The van der Waals surface area contributed by atoms with E-state index in [1.165, 1.54) is 38.5 Å². The van der Waals surface area contributed by atoms with Crippen LogP contribution in [-0.4, -0.2) is 21.9 Å². The van der Waals surface area contributed by atoms with Crippen molar-refractivity contribution in [2.45, 2.75) is 131 Å². The van der Waals surface area contributed by atoms with Gasteiger partial charge >= 0.3 is 0 Å². The van der Waals surface area contributed by atoms with E-state index in [1.807, 2.05) is 0 Å². The van der Waals surface area contributed by atoms with Gasteiger partial charge in [-0.1, -0.05) is 60.1 Å². The lowest BCUT2D eigenvalue weighted by Crippen LogP contribution is -2.52. The van der Waals surface area contributed by atoms with Crippen LogP contribution in [0.1, 0.15) is 119 Å². The second-order valence-corrected chi connectivity index (χ2v) is 14.3. The Kier molecular flexibility index (Phi) is 6.50. The molecule has 3 saturated carbocycles. The van der Waals surface area contributed by atoms with Crippen molar-refractivity contribution in [3.8, 4) is 0 Å². The molecule has 0 bridgehead atoms. The van der Waals surface area contributed by atoms with Crippen molar-refractivity contribution in [2.75, 3.05) is 0 Å². The second kappa shape index (κ2) is 8.40. The Hall–Kier alpha value is -0.340. The van der Waals surface area contributed by atoms with Crippen molar-refractivity contribution >= 4 is 0 Å². The number of allylic oxidation sites excluding steroid dienone is 1. The van der Waals surface area contributed by atoms with Gasteiger partial charge in [-0.25, -0.2) is 0 Å². The molecule has 184 valence electrons. The predicted molar refractivity (Wildman–Crippen MR) is 134 cm³/mol. The fourth-order valence-electron chi connectivity index (χ4n) is 9.03. The maximum absolute atomic E-state index is 11.1. The molecule has 0 aromatic heterocycles. The number of aliphatic hydroxyl groups is 2. The lowest BCUT2D eigenvalue weighted by atomic mass is 9.46. The van der Waals surface area contributed by atoms with Gasteiger partial charge in [0.15, 0.2) is 0 Å². The Morgan fingerprint density at radius 2 is 1.78 bits per heavy atom. The maximum Gasteiger partial charge on any atom is 0.0682 e. The SMILES string of the molecule is CC[C@]1(O)CC[C@@]2(C)C(=CC[C@@H]3C2CC[C@]2(C)[C@@H]([C@H](C)[C@H](O)CCC(C)(C)C)CC[C@@H]32)C1. The van der Waals surface area contributed by atoms with Crippen LogP contribution in [0, 0.1) is 45.8 Å². The highest BCUT2D eigenvalue weighted by Gasteiger charge is 2.60. The molecule has 4 rings (SSSR count). The van der Waals surface area contributed by atoms with Gasteiger partial charge in [-0.3, -0.25) is 0 Å². The fourth-order valence-corrected chi connectivity index (χ4v) is 9.03. The summed E-state index contributed by atoms with van der Waals surface area (Å²) in [5, 5.41) is 22.1. The molecule has 1 unspecified atom stereocenters. The predicted octanol–water partition coefficient (Wildman–Crippen LogP) is 7.53. The molecule has 3 fully saturated rings. The van der Waals surface area contributed by atoms with Crippen molar-refractivity contribution in [1.29, 1.82) is 0 Å². The Bertz CT molecular complexity index is 719. The van der Waals surface area contributed by atoms with Crippen LogP contribution < -0.4 is 0 Å². The molecule has 2 nitrogen and oxygen atoms in total. The normalized spacial score (nSPS) is 46.0. The zero-order chi connectivity index (χ0) is 23.5. The van der Waals surface area contributed by atoms with E-state index in [9.17, 15) is 10.2 Å². The topological polar surface area (TPSA) is 40.5 Å². The quantitative estimate of drug-likeness (QED) is 0.430. The summed E-state index contributed by atoms with van der Waals surface area (Å²) in [5.74, 6) is 3.48. The van der Waals surface area contributed by atoms with Crippen LogP contribution in [0.5, 0.6) is 0 Å². The number of rotatable bonds is 5. The molecule has 0 aromatic carbocycles. The molecule has 0 spiro atoms. The van der Waals surface area contributed by atoms with Gasteiger partial charge in [0.1, 0.15) is 0 Å². The molecule has 2 N–H and O–H groups in total. The van der Waals surface area contributed by atoms with Crippen LogP contribution in [0.2, 0.25) is 0 Å². The molecule has 0 aliphatic heterocycles. The van der Waals surface area contributed by atoms with Crippen LogP contribution in [0.15, 0.2) is 11.6 Å². The van der Waals surface area contributed by atoms with Crippen LogP contribution in [0.3, 0.4) is 0 Å². The van der Waals surface area contributed by atoms with Crippen molar-refractivity contribution in [1.82, 2.24) is 0 Å². The molecule has 9 atom stereocenters. The van der Waals surface area contributed by atoms with Crippen molar-refractivity contribution in [3.63, 3.8) is 0 Å². The van der Waals surface area contributed by atoms with E-state index in [-0.39, 0.29) is 6.10 Å². The molecule has 4 aliphatic rings. The zero-order valence-corrected chi connectivity index (χ0v) is 22.2. The van der Waals surface area contributed by atoms with Crippen LogP contribution in [0.25, 0.3) is 0 Å². The van der Waals surface area contributed by atoms with E-state index in [0.717, 1.165) is 49.9 Å². The van der Waals surface area contributed by atoms with Gasteiger partial charge in [-0.2, -0.15) is 0 Å². The first-order valence-electron chi connectivity index (χ1n) is 13.9. The van der Waals surface area contributed by atoms with Crippen LogP contribution in [0.4, 0.5) is 0 Å². The first-order chi connectivity index (χ1) is 14.8. The third-order valence-corrected chi connectivity index (χ3v) is 11.4. The van der Waals surface area contributed by atoms with E-state index in [2.05, 4.69) is 54.5 Å². The summed E-state index contributed by atoms with van der Waals surface area (Å²) in [6, 6.07) is 0. The maximum atomic E-state index is 11.1. The Morgan fingerprint density at radius 1 is 1.06 bits per heavy atom. The smallest absolute Gasteiger partial charge is 0.0682 e. The molecule has 4 aliphatic carbocycles. The van der Waals surface area contributed by atoms with Crippen molar-refractivity contribution in [2.24, 2.45) is 45.8 Å². The van der Waals surface area contributed by atoms with Crippen LogP contribution in [-0.2, 0) is 0 Å². The molecule has 32 heavy (non-hydrogen) atoms. The van der Waals surface area contributed by atoms with Crippen LogP contribution >= 0.6 is 0 Å². The molecule has 0 radical (unpaired) electrons. The molecule has 2 heteroatoms. The Balaban J connectivity index is 1.50. The highest BCUT2D eigenvalue weighted by molar-refractivity contribution is 5.27. The molecule has 0 saturated heterocycles. The first kappa shape index (κ1) is 24.8. The summed E-state index contributed by atoms with van der Waals surface area (Å²) in [5.41, 5.74) is 2.12. The monoisotopic (exact) mass is 444 g/mol. The molecule has 0 heterocycles. The van der Waals surface area contributed by atoms with E-state index in [1.54, 1.807) is 5.57 Å². The molecular formula is C30H52O2. The van der Waals surface area contributed by atoms with Gasteiger partial charge in [0, 0.05) is 0 Å². The minimum absolute atomic E-state index is 0.159. The Morgan fingerprint density at radius 3 is 2.44 bits per heavy atom. The van der Waals surface area contributed by atoms with Gasteiger partial charge in [0.2, 0.25) is 0 Å². The minimum atomic E-state index is -0.460. The zero-order valence-electron chi connectivity index (χ0n) is 22.2. The lowest BCUT2D eigenvalue weighted by molar-refractivity contribution is -0.0820. The van der Waals surface area contributed by atoms with Gasteiger partial charge in [0.05, 0.1) is 11.7 Å². The number of hydrogen-bond acceptors (Lipinski definition) is 2. The summed E-state index contributed by atoms with van der Waals surface area (Å²) >= 11 is 0. The number of hydrogen-bond donors (Lipinski definition) is 2. The average Bonchev–Trinajstić information content (AvgIpc) is 3.08. The van der Waals surface area contributed by atoms with E-state index < -0.39 is 5.60 Å². The minimum Gasteiger partial charge on any atom is -0.393 e. The molecular weight excluding hydrogens is 392 g/mol. The molecule has 0 amide bonds. The largest absolute Gasteiger partial charge is 0.393 e. The van der Waals surface area contributed by atoms with Gasteiger partial charge in [-0.15, -0.1) is 0 Å². The third kappa shape index (κ3) is 4.15.